The number of hydrogen-bond acceptors (Lipinski definition) is 7. The van der Waals surface area contributed by atoms with Gasteiger partial charge in [0.25, 0.3) is 0 Å². The Bertz CT molecular complexity index is 826. The van der Waals surface area contributed by atoms with E-state index in [1.54, 1.807) is 0 Å². The van der Waals surface area contributed by atoms with Crippen molar-refractivity contribution in [3.63, 3.8) is 0 Å². The van der Waals surface area contributed by atoms with Gasteiger partial charge in [0.2, 0.25) is 17.7 Å². The molecular weight excluding hydrogens is 464 g/mol. The number of thioether (sulfide) groups is 1. The third-order valence-electron chi connectivity index (χ3n) is 5.50. The van der Waals surface area contributed by atoms with E-state index >= 15 is 0 Å². The fourth-order valence-electron chi connectivity index (χ4n) is 3.67. The van der Waals surface area contributed by atoms with E-state index in [0.29, 0.717) is 31.6 Å². The topological polar surface area (TPSA) is 142 Å². The Balaban J connectivity index is 2.20. The van der Waals surface area contributed by atoms with Crippen LogP contribution >= 0.6 is 24.4 Å². The zero-order chi connectivity index (χ0) is 24.4. The standard InChI is InChI=1S/C22H32N4O5S2/c1-33-11-9-16(21(29)26-10-5-8-18(26)22(30)31)24-20(28)17(25-19(27)15(23)13-32)12-14-6-3-2-4-7-14/h2-4,6-7,15-18,32H,5,8-13,23H2,1H3,(H,24,28)(H,25,27)(H,30,31). The summed E-state index contributed by atoms with van der Waals surface area (Å²) in [6.45, 7) is 0.336. The molecule has 1 aliphatic heterocycles. The van der Waals surface area contributed by atoms with Crippen LogP contribution in [0, 0.1) is 0 Å². The zero-order valence-corrected chi connectivity index (χ0v) is 20.3. The molecule has 5 N–H and O–H groups in total. The van der Waals surface area contributed by atoms with Crippen LogP contribution in [0.4, 0.5) is 0 Å². The van der Waals surface area contributed by atoms with Gasteiger partial charge < -0.3 is 26.4 Å². The molecule has 1 aromatic carbocycles. The van der Waals surface area contributed by atoms with Crippen molar-refractivity contribution < 1.29 is 24.3 Å². The number of nitrogens with zero attached hydrogens (tertiary/aromatic N) is 1. The Morgan fingerprint density at radius 2 is 1.85 bits per heavy atom. The molecule has 1 saturated heterocycles. The van der Waals surface area contributed by atoms with E-state index in [1.807, 2.05) is 36.6 Å². The number of carbonyl (C=O) groups is 4. The van der Waals surface area contributed by atoms with E-state index in [1.165, 1.54) is 16.7 Å². The fourth-order valence-corrected chi connectivity index (χ4v) is 4.31. The number of hydrogen-bond donors (Lipinski definition) is 5. The molecular formula is C22H32N4O5S2. The molecule has 1 fully saturated rings. The Morgan fingerprint density at radius 1 is 1.18 bits per heavy atom. The van der Waals surface area contributed by atoms with Crippen molar-refractivity contribution in [2.45, 2.75) is 49.9 Å². The van der Waals surface area contributed by atoms with Crippen LogP contribution < -0.4 is 16.4 Å². The van der Waals surface area contributed by atoms with E-state index in [2.05, 4.69) is 23.3 Å². The first-order valence-corrected chi connectivity index (χ1v) is 12.8. The lowest BCUT2D eigenvalue weighted by Gasteiger charge is -2.29. The average Bonchev–Trinajstić information content (AvgIpc) is 3.31. The van der Waals surface area contributed by atoms with Crippen LogP contribution in [0.1, 0.15) is 24.8 Å². The minimum atomic E-state index is -1.05. The molecule has 9 nitrogen and oxygen atoms in total. The molecule has 0 saturated carbocycles. The summed E-state index contributed by atoms with van der Waals surface area (Å²) in [5, 5.41) is 14.9. The first kappa shape index (κ1) is 27.0. The molecule has 11 heteroatoms. The van der Waals surface area contributed by atoms with Crippen molar-refractivity contribution >= 4 is 48.1 Å². The first-order valence-electron chi connectivity index (χ1n) is 10.8. The van der Waals surface area contributed by atoms with Gasteiger partial charge in [-0.15, -0.1) is 0 Å². The average molecular weight is 497 g/mol. The minimum Gasteiger partial charge on any atom is -0.480 e. The number of rotatable bonds is 12. The normalized spacial score (nSPS) is 18.3. The summed E-state index contributed by atoms with van der Waals surface area (Å²) in [6, 6.07) is 5.56. The maximum absolute atomic E-state index is 13.2. The summed E-state index contributed by atoms with van der Waals surface area (Å²) in [4.78, 5) is 51.7. The van der Waals surface area contributed by atoms with Crippen LogP contribution in [0.5, 0.6) is 0 Å². The van der Waals surface area contributed by atoms with Crippen molar-refractivity contribution in [3.8, 4) is 0 Å². The second-order valence-corrected chi connectivity index (χ2v) is 9.26. The predicted octanol–water partition coefficient (Wildman–Crippen LogP) is 0.285. The van der Waals surface area contributed by atoms with Crippen LogP contribution in [-0.4, -0.2) is 82.2 Å². The van der Waals surface area contributed by atoms with Gasteiger partial charge in [-0.3, -0.25) is 14.4 Å². The quantitative estimate of drug-likeness (QED) is 0.262. The highest BCUT2D eigenvalue weighted by atomic mass is 32.2. The summed E-state index contributed by atoms with van der Waals surface area (Å²) in [5.74, 6) is -1.79. The summed E-state index contributed by atoms with van der Waals surface area (Å²) < 4.78 is 0. The van der Waals surface area contributed by atoms with Crippen molar-refractivity contribution in [1.82, 2.24) is 15.5 Å². The van der Waals surface area contributed by atoms with Crippen molar-refractivity contribution in [2.75, 3.05) is 24.3 Å². The molecule has 4 atom stereocenters. The third-order valence-corrected chi connectivity index (χ3v) is 6.53. The summed E-state index contributed by atoms with van der Waals surface area (Å²) in [7, 11) is 0. The summed E-state index contributed by atoms with van der Waals surface area (Å²) in [5.41, 5.74) is 6.59. The van der Waals surface area contributed by atoms with Crippen LogP contribution in [0.15, 0.2) is 30.3 Å². The number of carboxylic acid groups (broad SMARTS) is 1. The van der Waals surface area contributed by atoms with Crippen LogP contribution in [0.3, 0.4) is 0 Å². The fraction of sp³-hybridized carbons (Fsp3) is 0.545. The van der Waals surface area contributed by atoms with E-state index in [9.17, 15) is 24.3 Å². The molecule has 182 valence electrons. The van der Waals surface area contributed by atoms with Gasteiger partial charge in [0.05, 0.1) is 6.04 Å². The van der Waals surface area contributed by atoms with Crippen LogP contribution in [-0.2, 0) is 25.6 Å². The second-order valence-electron chi connectivity index (χ2n) is 7.91. The van der Waals surface area contributed by atoms with Gasteiger partial charge in [0, 0.05) is 18.7 Å². The lowest BCUT2D eigenvalue weighted by atomic mass is 10.0. The highest BCUT2D eigenvalue weighted by Gasteiger charge is 2.38. The SMILES string of the molecule is CSCCC(NC(=O)C(Cc1ccccc1)NC(=O)C(N)CS)C(=O)N1CCCC1C(=O)O. The summed E-state index contributed by atoms with van der Waals surface area (Å²) in [6.07, 6.45) is 3.43. The van der Waals surface area contributed by atoms with Crippen molar-refractivity contribution in [3.05, 3.63) is 35.9 Å². The summed E-state index contributed by atoms with van der Waals surface area (Å²) >= 11 is 5.56. The van der Waals surface area contributed by atoms with Crippen molar-refractivity contribution in [2.24, 2.45) is 5.73 Å². The number of likely N-dealkylation sites (tertiary alicyclic amines) is 1. The Kier molecular flexibility index (Phi) is 11.0. The highest BCUT2D eigenvalue weighted by Crippen LogP contribution is 2.20. The molecule has 0 aliphatic carbocycles. The molecule has 0 radical (unpaired) electrons. The first-order chi connectivity index (χ1) is 15.8. The number of amides is 3. The minimum absolute atomic E-state index is 0.117. The van der Waals surface area contributed by atoms with Gasteiger partial charge in [-0.05, 0) is 36.8 Å². The number of nitrogens with one attached hydrogen (secondary N) is 2. The monoisotopic (exact) mass is 496 g/mol. The maximum atomic E-state index is 13.2. The molecule has 0 bridgehead atoms. The molecule has 0 aromatic heterocycles. The van der Waals surface area contributed by atoms with Gasteiger partial charge in [-0.2, -0.15) is 24.4 Å². The molecule has 33 heavy (non-hydrogen) atoms. The number of benzene rings is 1. The van der Waals surface area contributed by atoms with Gasteiger partial charge in [-0.1, -0.05) is 30.3 Å². The number of nitrogens with two attached hydrogens (primary N) is 1. The largest absolute Gasteiger partial charge is 0.480 e. The van der Waals surface area contributed by atoms with Gasteiger partial charge in [0.1, 0.15) is 18.1 Å². The smallest absolute Gasteiger partial charge is 0.326 e. The molecule has 2 rings (SSSR count). The Hall–Kier alpha value is -2.24. The Morgan fingerprint density at radius 3 is 2.45 bits per heavy atom. The van der Waals surface area contributed by atoms with E-state index in [0.717, 1.165) is 5.56 Å². The highest BCUT2D eigenvalue weighted by molar-refractivity contribution is 7.98. The number of carbonyl (C=O) groups excluding carboxylic acids is 3. The van der Waals surface area contributed by atoms with Gasteiger partial charge in [-0.25, -0.2) is 4.79 Å². The number of thiol groups is 1. The van der Waals surface area contributed by atoms with E-state index in [-0.39, 0.29) is 12.2 Å². The van der Waals surface area contributed by atoms with E-state index in [4.69, 9.17) is 5.73 Å². The zero-order valence-electron chi connectivity index (χ0n) is 18.6. The van der Waals surface area contributed by atoms with Gasteiger partial charge in [0.15, 0.2) is 0 Å². The molecule has 1 aliphatic rings. The lowest BCUT2D eigenvalue weighted by Crippen LogP contribution is -2.58. The number of carboxylic acids is 1. The predicted molar refractivity (Wildman–Crippen MR) is 131 cm³/mol. The molecule has 3 amide bonds. The molecule has 1 heterocycles. The number of aliphatic carboxylic acids is 1. The molecule has 0 spiro atoms. The van der Waals surface area contributed by atoms with E-state index < -0.39 is 47.9 Å². The molecule has 4 unspecified atom stereocenters. The lowest BCUT2D eigenvalue weighted by molar-refractivity contribution is -0.149. The van der Waals surface area contributed by atoms with Crippen LogP contribution in [0.25, 0.3) is 0 Å². The Labute approximate surface area is 203 Å². The molecule has 1 aromatic rings. The third kappa shape index (κ3) is 7.94. The second kappa shape index (κ2) is 13.5. The van der Waals surface area contributed by atoms with Crippen LogP contribution in [0.2, 0.25) is 0 Å². The van der Waals surface area contributed by atoms with Crippen molar-refractivity contribution in [1.29, 1.82) is 0 Å². The van der Waals surface area contributed by atoms with Gasteiger partial charge >= 0.3 is 5.97 Å². The maximum Gasteiger partial charge on any atom is 0.326 e.